The van der Waals surface area contributed by atoms with Crippen molar-refractivity contribution in [2.24, 2.45) is 0 Å². The maximum Gasteiger partial charge on any atom is 0.416 e. The van der Waals surface area contributed by atoms with Crippen LogP contribution >= 0.6 is 0 Å². The van der Waals surface area contributed by atoms with E-state index in [1.165, 1.54) is 12.1 Å². The van der Waals surface area contributed by atoms with Gasteiger partial charge < -0.3 is 9.80 Å². The van der Waals surface area contributed by atoms with Crippen LogP contribution in [0.15, 0.2) is 48.8 Å². The minimum atomic E-state index is -4.36. The van der Waals surface area contributed by atoms with Crippen LogP contribution < -0.4 is 4.90 Å². The first-order valence-electron chi connectivity index (χ1n) is 9.03. The van der Waals surface area contributed by atoms with Gasteiger partial charge in [-0.1, -0.05) is 12.1 Å². The molecule has 0 radical (unpaired) electrons. The zero-order valence-corrected chi connectivity index (χ0v) is 15.4. The van der Waals surface area contributed by atoms with Crippen LogP contribution in [-0.4, -0.2) is 53.3 Å². The Balaban J connectivity index is 1.77. The SMILES string of the molecule is CN1CCN(c2n[nH]c(-c3ccc(C(F)(F)F)cc3)c2-c2ccncc2)CC1. The van der Waals surface area contributed by atoms with Crippen molar-refractivity contribution in [3.63, 3.8) is 0 Å². The van der Waals surface area contributed by atoms with E-state index in [1.807, 2.05) is 12.1 Å². The van der Waals surface area contributed by atoms with Crippen molar-refractivity contribution in [3.05, 3.63) is 54.4 Å². The number of alkyl halides is 3. The number of nitrogens with one attached hydrogen (secondary N) is 1. The molecule has 8 heteroatoms. The molecular weight excluding hydrogens is 367 g/mol. The molecule has 1 aliphatic rings. The molecule has 0 bridgehead atoms. The third-order valence-electron chi connectivity index (χ3n) is 5.02. The highest BCUT2D eigenvalue weighted by molar-refractivity contribution is 5.89. The van der Waals surface area contributed by atoms with Crippen molar-refractivity contribution in [1.82, 2.24) is 20.1 Å². The van der Waals surface area contributed by atoms with Crippen LogP contribution in [-0.2, 0) is 6.18 Å². The summed E-state index contributed by atoms with van der Waals surface area (Å²) in [4.78, 5) is 8.54. The van der Waals surface area contributed by atoms with Crippen LogP contribution in [0.25, 0.3) is 22.4 Å². The predicted octanol–water partition coefficient (Wildman–Crippen LogP) is 3.91. The molecule has 1 saturated heterocycles. The Bertz CT molecular complexity index is 927. The molecule has 2 aromatic heterocycles. The van der Waals surface area contributed by atoms with Gasteiger partial charge in [-0.3, -0.25) is 10.1 Å². The second-order valence-corrected chi connectivity index (χ2v) is 6.90. The molecule has 0 amide bonds. The molecule has 1 fully saturated rings. The molecule has 0 unspecified atom stereocenters. The molecule has 28 heavy (non-hydrogen) atoms. The number of hydrogen-bond acceptors (Lipinski definition) is 4. The Kier molecular flexibility index (Phi) is 4.80. The molecule has 5 nitrogen and oxygen atoms in total. The first-order chi connectivity index (χ1) is 13.4. The van der Waals surface area contributed by atoms with E-state index in [-0.39, 0.29) is 0 Å². The van der Waals surface area contributed by atoms with Gasteiger partial charge in [0.25, 0.3) is 0 Å². The van der Waals surface area contributed by atoms with Crippen molar-refractivity contribution in [2.75, 3.05) is 38.1 Å². The Morgan fingerprint density at radius 2 is 1.54 bits per heavy atom. The average Bonchev–Trinajstić information content (AvgIpc) is 3.14. The van der Waals surface area contributed by atoms with Crippen molar-refractivity contribution >= 4 is 5.82 Å². The summed E-state index contributed by atoms with van der Waals surface area (Å²) < 4.78 is 38.7. The molecule has 1 aromatic carbocycles. The van der Waals surface area contributed by atoms with Gasteiger partial charge in [-0.15, -0.1) is 0 Å². The van der Waals surface area contributed by atoms with Gasteiger partial charge in [0.05, 0.1) is 16.8 Å². The number of rotatable bonds is 3. The predicted molar refractivity (Wildman–Crippen MR) is 102 cm³/mol. The standard InChI is InChI=1S/C20H20F3N5/c1-27-10-12-28(13-11-27)19-17(14-6-8-24-9-7-14)18(25-26-19)15-2-4-16(5-3-15)20(21,22)23/h2-9H,10-13H2,1H3,(H,25,26). The summed E-state index contributed by atoms with van der Waals surface area (Å²) in [5.74, 6) is 0.814. The van der Waals surface area contributed by atoms with Crippen LogP contribution in [0.1, 0.15) is 5.56 Å². The zero-order valence-electron chi connectivity index (χ0n) is 15.4. The summed E-state index contributed by atoms with van der Waals surface area (Å²) >= 11 is 0. The van der Waals surface area contributed by atoms with Gasteiger partial charge in [0.2, 0.25) is 0 Å². The van der Waals surface area contributed by atoms with Gasteiger partial charge in [0.1, 0.15) is 0 Å². The van der Waals surface area contributed by atoms with Crippen LogP contribution in [0.2, 0.25) is 0 Å². The van der Waals surface area contributed by atoms with Crippen molar-refractivity contribution in [3.8, 4) is 22.4 Å². The summed E-state index contributed by atoms with van der Waals surface area (Å²) in [6, 6.07) is 8.93. The number of anilines is 1. The van der Waals surface area contributed by atoms with E-state index in [9.17, 15) is 13.2 Å². The smallest absolute Gasteiger partial charge is 0.352 e. The fourth-order valence-electron chi connectivity index (χ4n) is 3.41. The summed E-state index contributed by atoms with van der Waals surface area (Å²) in [6.07, 6.45) is -0.954. The van der Waals surface area contributed by atoms with E-state index in [0.717, 1.165) is 55.3 Å². The molecule has 0 saturated carbocycles. The summed E-state index contributed by atoms with van der Waals surface area (Å²) in [5, 5.41) is 7.58. The van der Waals surface area contributed by atoms with Gasteiger partial charge in [-0.05, 0) is 36.9 Å². The second-order valence-electron chi connectivity index (χ2n) is 6.90. The molecule has 1 N–H and O–H groups in total. The lowest BCUT2D eigenvalue weighted by molar-refractivity contribution is -0.137. The van der Waals surface area contributed by atoms with E-state index >= 15 is 0 Å². The Morgan fingerprint density at radius 1 is 0.893 bits per heavy atom. The number of hydrogen-bond donors (Lipinski definition) is 1. The van der Waals surface area contributed by atoms with Crippen LogP contribution in [0.4, 0.5) is 19.0 Å². The topological polar surface area (TPSA) is 48.0 Å². The Hall–Kier alpha value is -2.87. The quantitative estimate of drug-likeness (QED) is 0.740. The van der Waals surface area contributed by atoms with Crippen molar-refractivity contribution in [2.45, 2.75) is 6.18 Å². The van der Waals surface area contributed by atoms with Gasteiger partial charge >= 0.3 is 6.18 Å². The van der Waals surface area contributed by atoms with E-state index in [1.54, 1.807) is 12.4 Å². The largest absolute Gasteiger partial charge is 0.416 e. The highest BCUT2D eigenvalue weighted by Crippen LogP contribution is 2.39. The lowest BCUT2D eigenvalue weighted by Crippen LogP contribution is -2.44. The van der Waals surface area contributed by atoms with Crippen LogP contribution in [0.5, 0.6) is 0 Å². The number of benzene rings is 1. The molecule has 4 rings (SSSR count). The monoisotopic (exact) mass is 387 g/mol. The van der Waals surface area contributed by atoms with Gasteiger partial charge in [-0.25, -0.2) is 0 Å². The lowest BCUT2D eigenvalue weighted by atomic mass is 10.00. The third-order valence-corrected chi connectivity index (χ3v) is 5.02. The summed E-state index contributed by atoms with van der Waals surface area (Å²) in [7, 11) is 2.08. The van der Waals surface area contributed by atoms with E-state index < -0.39 is 11.7 Å². The molecule has 3 heterocycles. The number of aromatic amines is 1. The number of H-pyrrole nitrogens is 1. The van der Waals surface area contributed by atoms with Gasteiger partial charge in [0.15, 0.2) is 5.82 Å². The second kappa shape index (κ2) is 7.27. The molecule has 1 aliphatic heterocycles. The molecule has 0 atom stereocenters. The van der Waals surface area contributed by atoms with E-state index in [0.29, 0.717) is 11.3 Å². The fraction of sp³-hybridized carbons (Fsp3) is 0.300. The highest BCUT2D eigenvalue weighted by atomic mass is 19.4. The maximum absolute atomic E-state index is 12.9. The molecular formula is C20H20F3N5. The maximum atomic E-state index is 12.9. The van der Waals surface area contributed by atoms with Gasteiger partial charge in [0, 0.05) is 44.1 Å². The highest BCUT2D eigenvalue weighted by Gasteiger charge is 2.30. The Labute approximate surface area is 160 Å². The Morgan fingerprint density at radius 3 is 2.14 bits per heavy atom. The van der Waals surface area contributed by atoms with Crippen molar-refractivity contribution < 1.29 is 13.2 Å². The number of pyridine rings is 1. The molecule has 3 aromatic rings. The van der Waals surface area contributed by atoms with E-state index in [4.69, 9.17) is 0 Å². The molecule has 0 spiro atoms. The number of piperazine rings is 1. The molecule has 146 valence electrons. The summed E-state index contributed by atoms with van der Waals surface area (Å²) in [6.45, 7) is 3.54. The normalized spacial score (nSPS) is 15.8. The minimum absolute atomic E-state index is 0.660. The minimum Gasteiger partial charge on any atom is -0.352 e. The van der Waals surface area contributed by atoms with Crippen molar-refractivity contribution in [1.29, 1.82) is 0 Å². The fourth-order valence-corrected chi connectivity index (χ4v) is 3.41. The number of aromatic nitrogens is 3. The lowest BCUT2D eigenvalue weighted by Gasteiger charge is -2.33. The average molecular weight is 387 g/mol. The number of likely N-dealkylation sites (N-methyl/N-ethyl adjacent to an activating group) is 1. The first kappa shape index (κ1) is 18.5. The third kappa shape index (κ3) is 3.60. The summed E-state index contributed by atoms with van der Waals surface area (Å²) in [5.41, 5.74) is 2.50. The number of halogens is 3. The first-order valence-corrected chi connectivity index (χ1v) is 9.03. The van der Waals surface area contributed by atoms with Crippen LogP contribution in [0.3, 0.4) is 0 Å². The zero-order chi connectivity index (χ0) is 19.7. The van der Waals surface area contributed by atoms with Crippen LogP contribution in [0, 0.1) is 0 Å². The number of nitrogens with zero attached hydrogens (tertiary/aromatic N) is 4. The van der Waals surface area contributed by atoms with E-state index in [2.05, 4.69) is 32.0 Å². The van der Waals surface area contributed by atoms with Gasteiger partial charge in [-0.2, -0.15) is 18.3 Å². The molecule has 0 aliphatic carbocycles.